The molecule has 0 saturated carbocycles. The van der Waals surface area contributed by atoms with Crippen LogP contribution in [-0.2, 0) is 6.42 Å². The van der Waals surface area contributed by atoms with Crippen molar-refractivity contribution in [3.05, 3.63) is 11.4 Å². The Morgan fingerprint density at radius 3 is 2.41 bits per heavy atom. The van der Waals surface area contributed by atoms with Gasteiger partial charge in [0.15, 0.2) is 5.69 Å². The fourth-order valence-electron chi connectivity index (χ4n) is 1.13. The molecule has 96 valence electrons. The molecule has 1 amide bonds. The molecule has 2 N–H and O–H groups in total. The molecule has 5 nitrogen and oxygen atoms in total. The van der Waals surface area contributed by atoms with Gasteiger partial charge < -0.3 is 5.73 Å². The lowest BCUT2D eigenvalue weighted by Crippen LogP contribution is -2.32. The van der Waals surface area contributed by atoms with E-state index in [1.807, 2.05) is 0 Å². The summed E-state index contributed by atoms with van der Waals surface area (Å²) in [4.78, 5) is 10.8. The first-order valence-corrected chi connectivity index (χ1v) is 4.83. The van der Waals surface area contributed by atoms with Crippen LogP contribution in [0.4, 0.5) is 13.2 Å². The van der Waals surface area contributed by atoms with Crippen molar-refractivity contribution in [3.63, 3.8) is 0 Å². The van der Waals surface area contributed by atoms with Gasteiger partial charge in [0, 0.05) is 0 Å². The summed E-state index contributed by atoms with van der Waals surface area (Å²) in [5.41, 5.74) is 2.92. The molecule has 17 heavy (non-hydrogen) atoms. The minimum atomic E-state index is -4.32. The first-order valence-electron chi connectivity index (χ1n) is 4.83. The normalized spacial score (nSPS) is 12.8. The molecule has 0 aliphatic rings. The average Bonchev–Trinajstić information content (AvgIpc) is 2.60. The number of primary amides is 1. The Labute approximate surface area is 95.1 Å². The average molecular weight is 251 g/mol. The first kappa shape index (κ1) is 13.5. The lowest BCUT2D eigenvalue weighted by Gasteiger charge is -2.27. The maximum Gasteiger partial charge on any atom is 0.393 e. The molecule has 0 saturated heterocycles. The molecule has 0 aliphatic carbocycles. The number of hydrogen-bond donors (Lipinski definition) is 1. The van der Waals surface area contributed by atoms with Crippen molar-refractivity contribution in [2.24, 2.45) is 11.1 Å². The van der Waals surface area contributed by atoms with Gasteiger partial charge in [0.1, 0.15) is 5.69 Å². The highest BCUT2D eigenvalue weighted by molar-refractivity contribution is 5.91. The molecule has 1 aromatic rings. The van der Waals surface area contributed by atoms with Gasteiger partial charge in [0.25, 0.3) is 5.91 Å². The molecule has 0 atom stereocenters. The van der Waals surface area contributed by atoms with Gasteiger partial charge in [0.2, 0.25) is 0 Å². The second-order valence-corrected chi connectivity index (χ2v) is 4.31. The molecule has 8 heteroatoms. The molecule has 0 spiro atoms. The van der Waals surface area contributed by atoms with Gasteiger partial charge in [-0.05, 0) is 18.0 Å². The van der Waals surface area contributed by atoms with E-state index in [9.17, 15) is 18.0 Å². The van der Waals surface area contributed by atoms with Gasteiger partial charge in [-0.15, -0.1) is 0 Å². The first-order chi connectivity index (χ1) is 7.65. The van der Waals surface area contributed by atoms with Crippen LogP contribution in [0.1, 0.15) is 36.5 Å². The highest BCUT2D eigenvalue weighted by atomic mass is 19.4. The number of aromatic nitrogens is 2. The van der Waals surface area contributed by atoms with Crippen LogP contribution in [0.5, 0.6) is 0 Å². The van der Waals surface area contributed by atoms with Gasteiger partial charge in [-0.1, -0.05) is 19.0 Å². The van der Waals surface area contributed by atoms with Crippen LogP contribution >= 0.6 is 0 Å². The fraction of sp³-hybridized carbons (Fsp3) is 0.667. The maximum atomic E-state index is 12.6. The van der Waals surface area contributed by atoms with Crippen LogP contribution in [0.2, 0.25) is 0 Å². The van der Waals surface area contributed by atoms with E-state index in [-0.39, 0.29) is 24.2 Å². The summed E-state index contributed by atoms with van der Waals surface area (Å²) in [5.74, 6) is -0.869. The monoisotopic (exact) mass is 251 g/mol. The summed E-state index contributed by atoms with van der Waals surface area (Å²) in [5, 5.41) is 6.60. The number of nitrogens with zero attached hydrogens (tertiary/aromatic N) is 2. The van der Waals surface area contributed by atoms with Gasteiger partial charge >= 0.3 is 6.18 Å². The minimum Gasteiger partial charge on any atom is -0.364 e. The number of nitrogens with two attached hydrogens (primary N) is 1. The Balaban J connectivity index is 2.74. The lowest BCUT2D eigenvalue weighted by molar-refractivity contribution is -0.213. The summed E-state index contributed by atoms with van der Waals surface area (Å²) < 4.78 is 42.0. The molecule has 1 aromatic heterocycles. The summed E-state index contributed by atoms with van der Waals surface area (Å²) in [6.45, 7) is 2.15. The van der Waals surface area contributed by atoms with Crippen LogP contribution in [0.15, 0.2) is 4.63 Å². The van der Waals surface area contributed by atoms with Gasteiger partial charge in [-0.2, -0.15) is 13.2 Å². The topological polar surface area (TPSA) is 82.0 Å². The third-order valence-electron chi connectivity index (χ3n) is 2.54. The minimum absolute atomic E-state index is 0.0508. The summed E-state index contributed by atoms with van der Waals surface area (Å²) in [6.07, 6.45) is -4.63. The van der Waals surface area contributed by atoms with E-state index in [1.165, 1.54) is 0 Å². The zero-order valence-electron chi connectivity index (χ0n) is 9.34. The Morgan fingerprint density at radius 2 is 1.94 bits per heavy atom. The lowest BCUT2D eigenvalue weighted by atomic mass is 9.86. The largest absolute Gasteiger partial charge is 0.393 e. The molecular formula is C9H12F3N3O2. The van der Waals surface area contributed by atoms with E-state index in [1.54, 1.807) is 0 Å². The Bertz CT molecular complexity index is 412. The highest BCUT2D eigenvalue weighted by Gasteiger charge is 2.46. The van der Waals surface area contributed by atoms with Crippen LogP contribution in [0, 0.1) is 5.41 Å². The molecule has 0 aliphatic heterocycles. The van der Waals surface area contributed by atoms with Gasteiger partial charge in [-0.25, -0.2) is 4.63 Å². The van der Waals surface area contributed by atoms with Crippen LogP contribution in [0.3, 0.4) is 0 Å². The summed E-state index contributed by atoms with van der Waals surface area (Å²) in [7, 11) is 0. The quantitative estimate of drug-likeness (QED) is 0.882. The highest BCUT2D eigenvalue weighted by Crippen LogP contribution is 2.40. The number of alkyl halides is 3. The van der Waals surface area contributed by atoms with Crippen molar-refractivity contribution in [2.75, 3.05) is 0 Å². The van der Waals surface area contributed by atoms with E-state index in [0.717, 1.165) is 13.8 Å². The van der Waals surface area contributed by atoms with Crippen molar-refractivity contribution >= 4 is 5.91 Å². The second-order valence-electron chi connectivity index (χ2n) is 4.31. The maximum absolute atomic E-state index is 12.6. The molecule has 1 heterocycles. The van der Waals surface area contributed by atoms with Crippen molar-refractivity contribution in [1.82, 2.24) is 10.3 Å². The zero-order valence-corrected chi connectivity index (χ0v) is 9.34. The van der Waals surface area contributed by atoms with E-state index in [0.29, 0.717) is 0 Å². The molecule has 0 fully saturated rings. The second kappa shape index (κ2) is 4.34. The molecule has 1 rings (SSSR count). The smallest absolute Gasteiger partial charge is 0.364 e. The van der Waals surface area contributed by atoms with E-state index in [4.69, 9.17) is 5.73 Å². The zero-order chi connectivity index (χ0) is 13.3. The molecule has 0 unspecified atom stereocenters. The van der Waals surface area contributed by atoms with Gasteiger partial charge in [0.05, 0.1) is 5.41 Å². The Hall–Kier alpha value is -1.60. The third-order valence-corrected chi connectivity index (χ3v) is 2.54. The number of amides is 1. The van der Waals surface area contributed by atoms with Crippen molar-refractivity contribution in [1.29, 1.82) is 0 Å². The SMILES string of the molecule is CC(C)(CCc1nonc1C(N)=O)C(F)(F)F. The van der Waals surface area contributed by atoms with E-state index in [2.05, 4.69) is 14.9 Å². The molecule has 0 bridgehead atoms. The number of rotatable bonds is 4. The van der Waals surface area contributed by atoms with Crippen molar-refractivity contribution in [3.8, 4) is 0 Å². The van der Waals surface area contributed by atoms with Crippen molar-refractivity contribution < 1.29 is 22.6 Å². The standard InChI is InChI=1S/C9H12F3N3O2/c1-8(2,9(10,11)12)4-3-5-6(7(13)16)15-17-14-5/h3-4H2,1-2H3,(H2,13,16). The predicted octanol–water partition coefficient (Wildman–Crippen LogP) is 1.69. The van der Waals surface area contributed by atoms with E-state index < -0.39 is 17.5 Å². The van der Waals surface area contributed by atoms with E-state index >= 15 is 0 Å². The number of carbonyl (C=O) groups is 1. The third kappa shape index (κ3) is 2.95. The predicted molar refractivity (Wildman–Crippen MR) is 51.0 cm³/mol. The fourth-order valence-corrected chi connectivity index (χ4v) is 1.13. The molecule has 0 radical (unpaired) electrons. The summed E-state index contributed by atoms with van der Waals surface area (Å²) >= 11 is 0. The van der Waals surface area contributed by atoms with Gasteiger partial charge in [-0.3, -0.25) is 4.79 Å². The number of carbonyl (C=O) groups excluding carboxylic acids is 1. The van der Waals surface area contributed by atoms with Crippen LogP contribution in [0.25, 0.3) is 0 Å². The molecular weight excluding hydrogens is 239 g/mol. The Morgan fingerprint density at radius 1 is 1.35 bits per heavy atom. The summed E-state index contributed by atoms with van der Waals surface area (Å²) in [6, 6.07) is 0. The van der Waals surface area contributed by atoms with Crippen LogP contribution in [-0.4, -0.2) is 22.4 Å². The van der Waals surface area contributed by atoms with Crippen LogP contribution < -0.4 is 5.73 Å². The number of aryl methyl sites for hydroxylation is 1. The molecule has 0 aromatic carbocycles. The number of hydrogen-bond acceptors (Lipinski definition) is 4. The van der Waals surface area contributed by atoms with Crippen molar-refractivity contribution in [2.45, 2.75) is 32.9 Å². The number of halogens is 3. The Kier molecular flexibility index (Phi) is 3.44.